The fourth-order valence-electron chi connectivity index (χ4n) is 31.2. The molecule has 12 aromatic carbocycles. The number of rotatable bonds is 12. The van der Waals surface area contributed by atoms with Gasteiger partial charge in [-0.25, -0.2) is 0 Å². The van der Waals surface area contributed by atoms with Crippen LogP contribution in [0.2, 0.25) is 0 Å². The molecule has 16 bridgehead atoms. The molecule has 0 spiro atoms. The van der Waals surface area contributed by atoms with Gasteiger partial charge in [0.1, 0.15) is 0 Å². The summed E-state index contributed by atoms with van der Waals surface area (Å²) in [7, 11) is 0. The maximum absolute atomic E-state index is 3.97. The van der Waals surface area contributed by atoms with Crippen LogP contribution in [0.5, 0.6) is 0 Å². The number of hydrogen-bond acceptors (Lipinski definition) is 0. The van der Waals surface area contributed by atoms with Gasteiger partial charge in [-0.15, -0.1) is 0 Å². The predicted octanol–water partition coefficient (Wildman–Crippen LogP) is 40.3. The highest BCUT2D eigenvalue weighted by atomic mass is 79.9. The molecule has 0 heterocycles. The van der Waals surface area contributed by atoms with Gasteiger partial charge in [0.2, 0.25) is 0 Å². The van der Waals surface area contributed by atoms with Gasteiger partial charge >= 0.3 is 0 Å². The molecule has 0 amide bonds. The van der Waals surface area contributed by atoms with Crippen molar-refractivity contribution in [3.8, 4) is 0 Å². The zero-order valence-corrected chi connectivity index (χ0v) is 100. The minimum absolute atomic E-state index is 0. The van der Waals surface area contributed by atoms with Crippen LogP contribution in [0.1, 0.15) is 243 Å². The van der Waals surface area contributed by atoms with Gasteiger partial charge in [-0.2, -0.15) is 0 Å². The number of hydrogen-bond donors (Lipinski definition) is 0. The molecule has 16 saturated carbocycles. The summed E-state index contributed by atoms with van der Waals surface area (Å²) in [5, 5.41) is 0. The first-order chi connectivity index (χ1) is 65.2. The van der Waals surface area contributed by atoms with Crippen LogP contribution in [0, 0.1) is 0 Å². The second-order valence-electron chi connectivity index (χ2n) is 40.6. The van der Waals surface area contributed by atoms with Crippen LogP contribution in [0.15, 0.2) is 364 Å². The van der Waals surface area contributed by atoms with E-state index in [9.17, 15) is 0 Å². The quantitative estimate of drug-likeness (QED) is 0.107. The smallest absolute Gasteiger partial charge is 0.0298 e. The SMILES string of the molecule is BrC12CC3(Br)CC(Br)(C1)CC(Br)(C2)C3.C.C.C.CBr.CBr.CBr.CBr.CBr.CBr.CBr.CBr.CBr.c1ccc(C23CC4(c5ccccc5)CC(c5ccccc5)(C2)CC(c2ccccc2)(C3)C4)cc1.c1ccc(C23CC4(c5ccccc5)CC(c5ccccc5)(C2)CC(c2ccccc2)(C3)C4)cc1.c1ccc(C23CC4(c5ccccc5)CC(c5ccccc5)(C2)CC(c2ccccc2)(C3)C4)cc1. The molecule has 0 atom stereocenters. The molecule has 0 unspecified atom stereocenters. The Bertz CT molecular complexity index is 4180. The highest BCUT2D eigenvalue weighted by Gasteiger charge is 2.74. The van der Waals surface area contributed by atoms with Gasteiger partial charge in [-0.1, -0.05) is 593 Å². The molecule has 16 aliphatic rings. The van der Waals surface area contributed by atoms with Crippen LogP contribution < -0.4 is 0 Å². The molecular formula is C124H147Br13. The van der Waals surface area contributed by atoms with E-state index in [1.54, 1.807) is 66.8 Å². The first-order valence-electron chi connectivity index (χ1n) is 47.1. The summed E-state index contributed by atoms with van der Waals surface area (Å²) in [6, 6.07) is 138. The van der Waals surface area contributed by atoms with E-state index in [1.165, 1.54) is 154 Å². The maximum Gasteiger partial charge on any atom is 0.0298 e. The van der Waals surface area contributed by atoms with Crippen molar-refractivity contribution in [1.82, 2.24) is 0 Å². The first kappa shape index (κ1) is 117. The van der Waals surface area contributed by atoms with Crippen molar-refractivity contribution < 1.29 is 0 Å². The third-order valence-corrected chi connectivity index (χ3v) is 36.0. The van der Waals surface area contributed by atoms with Crippen LogP contribution in [0.25, 0.3) is 0 Å². The van der Waals surface area contributed by atoms with E-state index in [2.05, 4.69) is 571 Å². The second kappa shape index (κ2) is 51.0. The summed E-state index contributed by atoms with van der Waals surface area (Å²) in [6.45, 7) is 0. The van der Waals surface area contributed by atoms with Gasteiger partial charge in [0.15, 0.2) is 0 Å². The van der Waals surface area contributed by atoms with Gasteiger partial charge in [0, 0.05) is 17.3 Å². The van der Waals surface area contributed by atoms with Crippen LogP contribution in [-0.2, 0) is 65.0 Å². The maximum atomic E-state index is 3.97. The van der Waals surface area contributed by atoms with Gasteiger partial charge < -0.3 is 0 Å². The van der Waals surface area contributed by atoms with E-state index in [0.29, 0.717) is 17.3 Å². The molecule has 0 aromatic heterocycles. The van der Waals surface area contributed by atoms with Crippen molar-refractivity contribution >= 4 is 207 Å². The lowest BCUT2D eigenvalue weighted by atomic mass is 9.32. The van der Waals surface area contributed by atoms with E-state index < -0.39 is 0 Å². The molecule has 0 radical (unpaired) electrons. The van der Waals surface area contributed by atoms with Crippen molar-refractivity contribution in [3.05, 3.63) is 431 Å². The molecular weight excluding hydrogens is 2530 g/mol. The predicted molar refractivity (Wildman–Crippen MR) is 649 cm³/mol. The van der Waals surface area contributed by atoms with Crippen molar-refractivity contribution in [3.63, 3.8) is 0 Å². The fraction of sp³-hybridized carbons (Fsp3) is 0.419. The molecule has 137 heavy (non-hydrogen) atoms. The summed E-state index contributed by atoms with van der Waals surface area (Å²) < 4.78 is 1.44. The highest BCUT2D eigenvalue weighted by Crippen LogP contribution is 2.79. The standard InChI is InChI=1S/3C34H32.C10H12Br4.9CH3Br.3CH4/c3*1-5-13-27(14-6-1)31-21-32(28-15-7-2-8-16-28)24-33(22-31,29-17-9-3-10-18-29)26-34(23-31,25-32)30-19-11-4-12-20-30;11-7-1-8(12)4-9(13,2-7)6-10(14,3-7)5-8;9*1-2;;;/h3*1-20H,21-26H2;1-6H2;9*1H3;3*1H4. The molecule has 0 nitrogen and oxygen atoms in total. The van der Waals surface area contributed by atoms with E-state index >= 15 is 0 Å². The topological polar surface area (TPSA) is 0 Å². The average Bonchev–Trinajstić information content (AvgIpc) is 0.672. The monoisotopic (exact) mass is 2660 g/mol. The summed E-state index contributed by atoms with van der Waals surface area (Å²) in [5.74, 6) is 16.3. The zero-order chi connectivity index (χ0) is 96.3. The molecule has 734 valence electrons. The lowest BCUT2D eigenvalue weighted by Gasteiger charge is -2.71. The molecule has 16 aliphatic carbocycles. The first-order valence-corrected chi connectivity index (χ1v) is 64.5. The van der Waals surface area contributed by atoms with Crippen LogP contribution in [0.3, 0.4) is 0 Å². The normalized spacial score (nSPS) is 32.2. The lowest BCUT2D eigenvalue weighted by Crippen LogP contribution is -2.67. The third kappa shape index (κ3) is 23.9. The second-order valence-corrected chi connectivity index (χ2v) is 47.3. The van der Waals surface area contributed by atoms with E-state index in [0.717, 1.165) is 0 Å². The minimum atomic E-state index is 0. The zero-order valence-electron chi connectivity index (χ0n) is 79.5. The molecule has 0 N–H and O–H groups in total. The Morgan fingerprint density at radius 3 is 0.226 bits per heavy atom. The lowest BCUT2D eigenvalue weighted by molar-refractivity contribution is -0.0694. The Balaban J connectivity index is 0.000000197. The number of benzene rings is 12. The van der Waals surface area contributed by atoms with Gasteiger partial charge in [-0.3, -0.25) is 0 Å². The van der Waals surface area contributed by atoms with Gasteiger partial charge in [-0.05, 0) is 338 Å². The Morgan fingerprint density at radius 2 is 0.168 bits per heavy atom. The van der Waals surface area contributed by atoms with Gasteiger partial charge in [0.05, 0.1) is 0 Å². The average molecular weight is 2680 g/mol. The van der Waals surface area contributed by atoms with Crippen LogP contribution in [0.4, 0.5) is 0 Å². The minimum Gasteiger partial charge on any atom is -0.0966 e. The van der Waals surface area contributed by atoms with Crippen LogP contribution in [-0.4, -0.2) is 69.8 Å². The Kier molecular flexibility index (Phi) is 43.7. The highest BCUT2D eigenvalue weighted by molar-refractivity contribution is 9.12. The molecule has 28 rings (SSSR count). The Labute approximate surface area is 937 Å². The van der Waals surface area contributed by atoms with Crippen molar-refractivity contribution in [1.29, 1.82) is 0 Å². The van der Waals surface area contributed by atoms with Crippen molar-refractivity contribution in [2.45, 2.75) is 259 Å². The fourth-order valence-corrected chi connectivity index (χ4v) is 39.9. The Morgan fingerprint density at radius 1 is 0.109 bits per heavy atom. The summed E-state index contributed by atoms with van der Waals surface area (Å²) in [5.41, 5.74) is 20.9. The molecule has 13 heteroatoms. The van der Waals surface area contributed by atoms with Crippen molar-refractivity contribution in [2.75, 3.05) is 52.5 Å². The summed E-state index contributed by atoms with van der Waals surface area (Å²) in [4.78, 5) is 0. The molecule has 16 fully saturated rings. The van der Waals surface area contributed by atoms with Gasteiger partial charge in [0.25, 0.3) is 0 Å². The summed E-state index contributed by atoms with van der Waals surface area (Å²) in [6.07, 6.45) is 30.4. The van der Waals surface area contributed by atoms with Crippen LogP contribution >= 0.6 is 207 Å². The van der Waals surface area contributed by atoms with E-state index in [-0.39, 0.29) is 87.3 Å². The molecule has 0 saturated heterocycles. The summed E-state index contributed by atoms with van der Waals surface area (Å²) >= 11 is 42.3. The van der Waals surface area contributed by atoms with Crippen molar-refractivity contribution in [2.24, 2.45) is 0 Å². The van der Waals surface area contributed by atoms with E-state index in [1.807, 2.05) is 52.5 Å². The molecule has 12 aromatic rings. The number of halogens is 13. The largest absolute Gasteiger partial charge is 0.0966 e. The number of alkyl halides is 13. The molecule has 0 aliphatic heterocycles. The third-order valence-electron chi connectivity index (χ3n) is 32.6. The van der Waals surface area contributed by atoms with E-state index in [4.69, 9.17) is 0 Å². The Hall–Kier alpha value is -3.12.